The van der Waals surface area contributed by atoms with Gasteiger partial charge in [0.05, 0.1) is 6.26 Å². The van der Waals surface area contributed by atoms with Crippen molar-refractivity contribution in [2.24, 2.45) is 11.8 Å². The van der Waals surface area contributed by atoms with E-state index in [1.54, 1.807) is 6.26 Å². The van der Waals surface area contributed by atoms with Gasteiger partial charge < -0.3 is 15.1 Å². The van der Waals surface area contributed by atoms with Crippen LogP contribution in [0.3, 0.4) is 0 Å². The van der Waals surface area contributed by atoms with Crippen molar-refractivity contribution in [3.05, 3.63) is 23.8 Å². The van der Waals surface area contributed by atoms with Crippen LogP contribution in [0.15, 0.2) is 28.2 Å². The summed E-state index contributed by atoms with van der Waals surface area (Å²) in [5, 5.41) is 8.55. The number of anilines is 1. The molecule has 7 heteroatoms. The number of hydrogen-bond acceptors (Lipinski definition) is 5. The quantitative estimate of drug-likeness (QED) is 0.910. The summed E-state index contributed by atoms with van der Waals surface area (Å²) >= 11 is 1.41. The molecule has 1 atom stereocenters. The molecule has 20 heavy (non-hydrogen) atoms. The number of halogens is 1. The lowest BCUT2D eigenvalue weighted by atomic mass is 9.88. The molecule has 1 aliphatic rings. The molecule has 0 spiro atoms. The van der Waals surface area contributed by atoms with E-state index in [1.807, 2.05) is 24.4 Å². The Kier molecular flexibility index (Phi) is 4.80. The molecule has 5 nitrogen and oxygen atoms in total. The van der Waals surface area contributed by atoms with Gasteiger partial charge in [-0.15, -0.1) is 23.7 Å². The normalized spacial score (nSPS) is 16.1. The van der Waals surface area contributed by atoms with E-state index in [1.165, 1.54) is 11.3 Å². The lowest BCUT2D eigenvalue weighted by Crippen LogP contribution is -2.48. The third kappa shape index (κ3) is 3.03. The molecule has 0 bridgehead atoms. The first-order chi connectivity index (χ1) is 9.24. The Bertz CT molecular complexity index is 566. The second-order valence-corrected chi connectivity index (χ2v) is 5.57. The van der Waals surface area contributed by atoms with Crippen molar-refractivity contribution in [3.8, 4) is 11.5 Å². The van der Waals surface area contributed by atoms with E-state index in [-0.39, 0.29) is 24.2 Å². The van der Waals surface area contributed by atoms with Crippen LogP contribution in [0.25, 0.3) is 11.5 Å². The maximum Gasteiger partial charge on any atom is 0.229 e. The van der Waals surface area contributed by atoms with Gasteiger partial charge in [-0.05, 0) is 31.1 Å². The molecule has 3 heterocycles. The fourth-order valence-electron chi connectivity index (χ4n) is 1.97. The molecule has 2 aromatic rings. The van der Waals surface area contributed by atoms with Gasteiger partial charge >= 0.3 is 0 Å². The van der Waals surface area contributed by atoms with E-state index in [9.17, 15) is 4.79 Å². The molecule has 2 N–H and O–H groups in total. The second kappa shape index (κ2) is 6.39. The number of amides is 1. The number of carbonyl (C=O) groups is 1. The minimum Gasteiger partial charge on any atom is -0.463 e. The number of aromatic nitrogens is 1. The first-order valence-electron chi connectivity index (χ1n) is 6.25. The zero-order chi connectivity index (χ0) is 13.2. The Labute approximate surface area is 127 Å². The van der Waals surface area contributed by atoms with Crippen LogP contribution in [0.4, 0.5) is 5.13 Å². The highest BCUT2D eigenvalue weighted by atomic mass is 35.5. The largest absolute Gasteiger partial charge is 0.463 e. The molecule has 1 amide bonds. The summed E-state index contributed by atoms with van der Waals surface area (Å²) in [4.78, 5) is 16.4. The molecule has 1 unspecified atom stereocenters. The van der Waals surface area contributed by atoms with Gasteiger partial charge in [-0.25, -0.2) is 4.98 Å². The number of carbonyl (C=O) groups excluding carboxylic acids is 1. The van der Waals surface area contributed by atoms with Gasteiger partial charge in [0.25, 0.3) is 0 Å². The van der Waals surface area contributed by atoms with Crippen LogP contribution in [0, 0.1) is 11.8 Å². The Hall–Kier alpha value is -1.37. The highest BCUT2D eigenvalue weighted by Gasteiger charge is 2.29. The molecule has 1 fully saturated rings. The molecule has 1 saturated heterocycles. The highest BCUT2D eigenvalue weighted by molar-refractivity contribution is 7.14. The van der Waals surface area contributed by atoms with E-state index >= 15 is 0 Å². The zero-order valence-corrected chi connectivity index (χ0v) is 12.6. The van der Waals surface area contributed by atoms with Gasteiger partial charge in [-0.2, -0.15) is 0 Å². The minimum absolute atomic E-state index is 0. The summed E-state index contributed by atoms with van der Waals surface area (Å²) in [7, 11) is 0. The van der Waals surface area contributed by atoms with E-state index in [4.69, 9.17) is 4.42 Å². The maximum atomic E-state index is 12.0. The number of thiazole rings is 1. The number of hydrogen-bond donors (Lipinski definition) is 2. The van der Waals surface area contributed by atoms with Crippen molar-refractivity contribution >= 4 is 34.8 Å². The summed E-state index contributed by atoms with van der Waals surface area (Å²) in [6.07, 6.45) is 1.61. The maximum absolute atomic E-state index is 12.0. The summed E-state index contributed by atoms with van der Waals surface area (Å²) in [5.41, 5.74) is 0.753. The molecule has 0 saturated carbocycles. The Morgan fingerprint density at radius 2 is 2.40 bits per heavy atom. The van der Waals surface area contributed by atoms with Gasteiger partial charge in [0, 0.05) is 11.3 Å². The van der Waals surface area contributed by atoms with Gasteiger partial charge in [0.1, 0.15) is 5.69 Å². The Morgan fingerprint density at radius 3 is 3.00 bits per heavy atom. The van der Waals surface area contributed by atoms with Gasteiger partial charge in [0.15, 0.2) is 10.9 Å². The summed E-state index contributed by atoms with van der Waals surface area (Å²) < 4.78 is 5.27. The number of rotatable bonds is 4. The van der Waals surface area contributed by atoms with E-state index in [2.05, 4.69) is 15.6 Å². The smallest absolute Gasteiger partial charge is 0.229 e. The summed E-state index contributed by atoms with van der Waals surface area (Å²) in [5.74, 6) is 1.20. The molecular formula is C13H16ClN3O2S. The molecule has 3 rings (SSSR count). The lowest BCUT2D eigenvalue weighted by Gasteiger charge is -2.31. The first-order valence-corrected chi connectivity index (χ1v) is 7.13. The SMILES string of the molecule is CC(C(=O)Nc1nc(-c2ccco2)cs1)C1CNC1.Cl. The van der Waals surface area contributed by atoms with E-state index < -0.39 is 0 Å². The van der Waals surface area contributed by atoms with Crippen molar-refractivity contribution in [1.29, 1.82) is 0 Å². The summed E-state index contributed by atoms with van der Waals surface area (Å²) in [6.45, 7) is 3.80. The topological polar surface area (TPSA) is 67.2 Å². The average molecular weight is 314 g/mol. The highest BCUT2D eigenvalue weighted by Crippen LogP contribution is 2.26. The molecule has 2 aromatic heterocycles. The third-order valence-corrected chi connectivity index (χ3v) is 4.20. The third-order valence-electron chi connectivity index (χ3n) is 3.44. The molecule has 0 radical (unpaired) electrons. The number of nitrogens with one attached hydrogen (secondary N) is 2. The van der Waals surface area contributed by atoms with Crippen LogP contribution < -0.4 is 10.6 Å². The van der Waals surface area contributed by atoms with Crippen molar-refractivity contribution in [3.63, 3.8) is 0 Å². The van der Waals surface area contributed by atoms with Crippen molar-refractivity contribution in [1.82, 2.24) is 10.3 Å². The second-order valence-electron chi connectivity index (χ2n) is 4.71. The lowest BCUT2D eigenvalue weighted by molar-refractivity contribution is -0.121. The van der Waals surface area contributed by atoms with Gasteiger partial charge in [-0.3, -0.25) is 4.79 Å². The zero-order valence-electron chi connectivity index (χ0n) is 11.0. The summed E-state index contributed by atoms with van der Waals surface area (Å²) in [6, 6.07) is 3.67. The van der Waals surface area contributed by atoms with Gasteiger partial charge in [0.2, 0.25) is 5.91 Å². The van der Waals surface area contributed by atoms with Crippen LogP contribution in [0.5, 0.6) is 0 Å². The predicted molar refractivity (Wildman–Crippen MR) is 81.2 cm³/mol. The van der Waals surface area contributed by atoms with E-state index in [0.29, 0.717) is 16.8 Å². The average Bonchev–Trinajstić information content (AvgIpc) is 2.95. The molecule has 0 aromatic carbocycles. The fourth-order valence-corrected chi connectivity index (χ4v) is 2.67. The van der Waals surface area contributed by atoms with Crippen molar-refractivity contribution in [2.45, 2.75) is 6.92 Å². The van der Waals surface area contributed by atoms with Crippen molar-refractivity contribution in [2.75, 3.05) is 18.4 Å². The Morgan fingerprint density at radius 1 is 1.60 bits per heavy atom. The Balaban J connectivity index is 0.00000147. The monoisotopic (exact) mass is 313 g/mol. The molecule has 108 valence electrons. The minimum atomic E-state index is 0. The first kappa shape index (κ1) is 15.0. The number of nitrogens with zero attached hydrogens (tertiary/aromatic N) is 1. The van der Waals surface area contributed by atoms with Crippen LogP contribution in [0.2, 0.25) is 0 Å². The van der Waals surface area contributed by atoms with Crippen molar-refractivity contribution < 1.29 is 9.21 Å². The standard InChI is InChI=1S/C13H15N3O2S.ClH/c1-8(9-5-14-6-9)12(17)16-13-15-10(7-19-13)11-3-2-4-18-11;/h2-4,7-9,14H,5-6H2,1H3,(H,15,16,17);1H. The number of furan rings is 1. The fraction of sp³-hybridized carbons (Fsp3) is 0.385. The van der Waals surface area contributed by atoms with Gasteiger partial charge in [-0.1, -0.05) is 6.92 Å². The predicted octanol–water partition coefficient (Wildman–Crippen LogP) is 2.62. The van der Waals surface area contributed by atoms with Crippen LogP contribution in [-0.4, -0.2) is 24.0 Å². The molecular weight excluding hydrogens is 298 g/mol. The molecule has 0 aliphatic carbocycles. The molecule has 1 aliphatic heterocycles. The van der Waals surface area contributed by atoms with Crippen LogP contribution in [-0.2, 0) is 4.79 Å². The van der Waals surface area contributed by atoms with Crippen LogP contribution in [0.1, 0.15) is 6.92 Å². The van der Waals surface area contributed by atoms with E-state index in [0.717, 1.165) is 18.8 Å². The van der Waals surface area contributed by atoms with Crippen LogP contribution >= 0.6 is 23.7 Å².